The highest BCUT2D eigenvalue weighted by atomic mass is 19.1. The molecule has 0 aliphatic carbocycles. The molecule has 0 spiro atoms. The van der Waals surface area contributed by atoms with Gasteiger partial charge in [0.05, 0.1) is 6.04 Å². The van der Waals surface area contributed by atoms with E-state index >= 15 is 0 Å². The van der Waals surface area contributed by atoms with Crippen LogP contribution >= 0.6 is 0 Å². The summed E-state index contributed by atoms with van der Waals surface area (Å²) in [5, 5.41) is 14.7. The molecule has 0 bridgehead atoms. The first kappa shape index (κ1) is 13.4. The second-order valence-corrected chi connectivity index (χ2v) is 4.97. The molecule has 21 heavy (non-hydrogen) atoms. The van der Waals surface area contributed by atoms with Crippen molar-refractivity contribution in [3.63, 3.8) is 0 Å². The smallest absolute Gasteiger partial charge is 0.132 e. The summed E-state index contributed by atoms with van der Waals surface area (Å²) in [7, 11) is 0. The van der Waals surface area contributed by atoms with E-state index in [1.165, 1.54) is 6.07 Å². The molecule has 4 heteroatoms. The second-order valence-electron chi connectivity index (χ2n) is 4.97. The van der Waals surface area contributed by atoms with Gasteiger partial charge in [0.2, 0.25) is 0 Å². The zero-order valence-electron chi connectivity index (χ0n) is 11.5. The Labute approximate surface area is 122 Å². The SMILES string of the molecule is CC(Nc1cccc2cnccc12)c1ccc(O)cc1F. The average Bonchev–Trinajstić information content (AvgIpc) is 2.47. The normalized spacial score (nSPS) is 12.3. The van der Waals surface area contributed by atoms with E-state index in [1.54, 1.807) is 18.5 Å². The van der Waals surface area contributed by atoms with Crippen LogP contribution in [-0.4, -0.2) is 10.1 Å². The third kappa shape index (κ3) is 2.65. The van der Waals surface area contributed by atoms with Crippen molar-refractivity contribution in [1.82, 2.24) is 4.98 Å². The van der Waals surface area contributed by atoms with Crippen LogP contribution in [0.1, 0.15) is 18.5 Å². The molecule has 1 heterocycles. The Hall–Kier alpha value is -2.62. The maximum atomic E-state index is 13.9. The van der Waals surface area contributed by atoms with Gasteiger partial charge in [0, 0.05) is 40.5 Å². The number of nitrogens with one attached hydrogen (secondary N) is 1. The lowest BCUT2D eigenvalue weighted by molar-refractivity contribution is 0.467. The molecule has 1 unspecified atom stereocenters. The topological polar surface area (TPSA) is 45.2 Å². The van der Waals surface area contributed by atoms with Gasteiger partial charge in [-0.1, -0.05) is 18.2 Å². The number of pyridine rings is 1. The molecule has 0 saturated carbocycles. The van der Waals surface area contributed by atoms with Gasteiger partial charge in [-0.25, -0.2) is 4.39 Å². The van der Waals surface area contributed by atoms with Crippen molar-refractivity contribution in [3.8, 4) is 5.75 Å². The fraction of sp³-hybridized carbons (Fsp3) is 0.118. The predicted molar refractivity (Wildman–Crippen MR) is 81.8 cm³/mol. The zero-order chi connectivity index (χ0) is 14.8. The quantitative estimate of drug-likeness (QED) is 0.754. The number of halogens is 1. The van der Waals surface area contributed by atoms with Crippen LogP contribution in [0.3, 0.4) is 0 Å². The molecule has 1 atom stereocenters. The summed E-state index contributed by atoms with van der Waals surface area (Å²) < 4.78 is 13.9. The number of fused-ring (bicyclic) bond motifs is 1. The molecule has 0 amide bonds. The van der Waals surface area contributed by atoms with E-state index in [4.69, 9.17) is 0 Å². The van der Waals surface area contributed by atoms with Crippen LogP contribution < -0.4 is 5.32 Å². The van der Waals surface area contributed by atoms with E-state index < -0.39 is 5.82 Å². The number of phenolic OH excluding ortho intramolecular Hbond substituents is 1. The molecule has 0 saturated heterocycles. The van der Waals surface area contributed by atoms with Crippen molar-refractivity contribution < 1.29 is 9.50 Å². The molecule has 0 aliphatic rings. The van der Waals surface area contributed by atoms with Gasteiger partial charge in [0.15, 0.2) is 0 Å². The molecular weight excluding hydrogens is 267 g/mol. The lowest BCUT2D eigenvalue weighted by Crippen LogP contribution is -2.08. The Morgan fingerprint density at radius 1 is 1.19 bits per heavy atom. The molecule has 3 nitrogen and oxygen atoms in total. The van der Waals surface area contributed by atoms with Gasteiger partial charge >= 0.3 is 0 Å². The van der Waals surface area contributed by atoms with Crippen molar-refractivity contribution in [2.45, 2.75) is 13.0 Å². The van der Waals surface area contributed by atoms with Gasteiger partial charge in [-0.15, -0.1) is 0 Å². The fourth-order valence-electron chi connectivity index (χ4n) is 2.43. The first-order valence-electron chi connectivity index (χ1n) is 6.73. The molecule has 3 rings (SSSR count). The molecule has 0 radical (unpaired) electrons. The summed E-state index contributed by atoms with van der Waals surface area (Å²) in [6, 6.07) is 11.8. The maximum Gasteiger partial charge on any atom is 0.132 e. The van der Waals surface area contributed by atoms with Crippen molar-refractivity contribution in [1.29, 1.82) is 0 Å². The standard InChI is InChI=1S/C17H15FN2O/c1-11(14-6-5-13(21)9-16(14)18)20-17-4-2-3-12-10-19-8-7-15(12)17/h2-11,20-21H,1H3. The second kappa shape index (κ2) is 5.40. The summed E-state index contributed by atoms with van der Waals surface area (Å²) in [5.41, 5.74) is 1.44. The minimum Gasteiger partial charge on any atom is -0.508 e. The highest BCUT2D eigenvalue weighted by molar-refractivity contribution is 5.93. The Balaban J connectivity index is 1.94. The number of aromatic hydroxyl groups is 1. The first-order chi connectivity index (χ1) is 10.1. The van der Waals surface area contributed by atoms with E-state index in [2.05, 4.69) is 10.3 Å². The van der Waals surface area contributed by atoms with Crippen LogP contribution in [0, 0.1) is 5.82 Å². The maximum absolute atomic E-state index is 13.9. The van der Waals surface area contributed by atoms with Gasteiger partial charge in [0.1, 0.15) is 11.6 Å². The Morgan fingerprint density at radius 2 is 2.05 bits per heavy atom. The van der Waals surface area contributed by atoms with Gasteiger partial charge in [-0.2, -0.15) is 0 Å². The van der Waals surface area contributed by atoms with Gasteiger partial charge in [0.25, 0.3) is 0 Å². The first-order valence-corrected chi connectivity index (χ1v) is 6.73. The van der Waals surface area contributed by atoms with E-state index in [0.717, 1.165) is 22.5 Å². The van der Waals surface area contributed by atoms with Crippen molar-refractivity contribution in [3.05, 3.63) is 66.2 Å². The number of nitrogens with zero attached hydrogens (tertiary/aromatic N) is 1. The molecular formula is C17H15FN2O. The van der Waals surface area contributed by atoms with Crippen LogP contribution in [0.25, 0.3) is 10.8 Å². The number of benzene rings is 2. The highest BCUT2D eigenvalue weighted by Crippen LogP contribution is 2.28. The van der Waals surface area contributed by atoms with Gasteiger partial charge < -0.3 is 10.4 Å². The molecule has 106 valence electrons. The van der Waals surface area contributed by atoms with Gasteiger partial charge in [-0.05, 0) is 25.1 Å². The monoisotopic (exact) mass is 282 g/mol. The molecule has 2 aromatic carbocycles. The van der Waals surface area contributed by atoms with Gasteiger partial charge in [-0.3, -0.25) is 4.98 Å². The number of aromatic nitrogens is 1. The number of hydrogen-bond acceptors (Lipinski definition) is 3. The van der Waals surface area contributed by atoms with Crippen molar-refractivity contribution in [2.24, 2.45) is 0 Å². The summed E-state index contributed by atoms with van der Waals surface area (Å²) in [6.07, 6.45) is 3.53. The third-order valence-electron chi connectivity index (χ3n) is 3.50. The van der Waals surface area contributed by atoms with E-state index in [0.29, 0.717) is 5.56 Å². The van der Waals surface area contributed by atoms with E-state index in [9.17, 15) is 9.50 Å². The zero-order valence-corrected chi connectivity index (χ0v) is 11.5. The minimum atomic E-state index is -0.420. The minimum absolute atomic E-state index is 0.0697. The lowest BCUT2D eigenvalue weighted by atomic mass is 10.1. The fourth-order valence-corrected chi connectivity index (χ4v) is 2.43. The third-order valence-corrected chi connectivity index (χ3v) is 3.50. The summed E-state index contributed by atoms with van der Waals surface area (Å²) >= 11 is 0. The van der Waals surface area contributed by atoms with Crippen molar-refractivity contribution in [2.75, 3.05) is 5.32 Å². The van der Waals surface area contributed by atoms with Crippen LogP contribution in [0.2, 0.25) is 0 Å². The van der Waals surface area contributed by atoms with Crippen LogP contribution in [0.5, 0.6) is 5.75 Å². The number of phenols is 1. The molecule has 2 N–H and O–H groups in total. The molecule has 1 aromatic heterocycles. The molecule has 3 aromatic rings. The van der Waals surface area contributed by atoms with Crippen LogP contribution in [0.4, 0.5) is 10.1 Å². The average molecular weight is 282 g/mol. The number of hydrogen-bond donors (Lipinski definition) is 2. The van der Waals surface area contributed by atoms with Crippen LogP contribution in [-0.2, 0) is 0 Å². The highest BCUT2D eigenvalue weighted by Gasteiger charge is 2.12. The summed E-state index contributed by atoms with van der Waals surface area (Å²) in [5.74, 6) is -0.489. The molecule has 0 aliphatic heterocycles. The summed E-state index contributed by atoms with van der Waals surface area (Å²) in [6.45, 7) is 1.88. The Kier molecular flexibility index (Phi) is 3.44. The largest absolute Gasteiger partial charge is 0.508 e. The summed E-state index contributed by atoms with van der Waals surface area (Å²) in [4.78, 5) is 4.10. The van der Waals surface area contributed by atoms with Crippen molar-refractivity contribution >= 4 is 16.5 Å². The van der Waals surface area contributed by atoms with Crippen LogP contribution in [0.15, 0.2) is 54.9 Å². The molecule has 0 fully saturated rings. The van der Waals surface area contributed by atoms with E-state index in [-0.39, 0.29) is 11.8 Å². The number of anilines is 1. The Bertz CT molecular complexity index is 783. The van der Waals surface area contributed by atoms with E-state index in [1.807, 2.05) is 31.2 Å². The Morgan fingerprint density at radius 3 is 2.86 bits per heavy atom. The lowest BCUT2D eigenvalue weighted by Gasteiger charge is -2.18. The number of rotatable bonds is 3. The predicted octanol–water partition coefficient (Wildman–Crippen LogP) is 4.25.